The number of aromatic nitrogens is 2. The zero-order chi connectivity index (χ0) is 26.4. The van der Waals surface area contributed by atoms with Gasteiger partial charge in [-0.3, -0.25) is 0 Å². The van der Waals surface area contributed by atoms with Gasteiger partial charge in [-0.25, -0.2) is 22.9 Å². The summed E-state index contributed by atoms with van der Waals surface area (Å²) in [6, 6.07) is 13.5. The van der Waals surface area contributed by atoms with Gasteiger partial charge in [0.25, 0.3) is 10.0 Å². The third-order valence-corrected chi connectivity index (χ3v) is 8.04. The third kappa shape index (κ3) is 6.82. The van der Waals surface area contributed by atoms with E-state index in [9.17, 15) is 13.2 Å². The summed E-state index contributed by atoms with van der Waals surface area (Å²) in [6.07, 6.45) is 4.64. The summed E-state index contributed by atoms with van der Waals surface area (Å²) in [4.78, 5) is 16.2. The molecule has 1 aliphatic carbocycles. The highest BCUT2D eigenvalue weighted by Crippen LogP contribution is 2.37. The van der Waals surface area contributed by atoms with Crippen LogP contribution in [0, 0.1) is 0 Å². The number of hydrogen-bond donors (Lipinski definition) is 2. The molecule has 4 rings (SSSR count). The van der Waals surface area contributed by atoms with Crippen LogP contribution in [0.2, 0.25) is 5.02 Å². The van der Waals surface area contributed by atoms with Crippen molar-refractivity contribution in [2.24, 2.45) is 7.05 Å². The summed E-state index contributed by atoms with van der Waals surface area (Å²) >= 11 is 6.47. The number of alkyl carbamates (subject to hydrolysis) is 1. The quantitative estimate of drug-likeness (QED) is 0.374. The molecule has 3 aromatic rings. The summed E-state index contributed by atoms with van der Waals surface area (Å²) in [5.74, 6) is 0.580. The Balaban J connectivity index is 1.48. The molecule has 0 aliphatic heterocycles. The number of amides is 1. The Morgan fingerprint density at radius 2 is 2.05 bits per heavy atom. The lowest BCUT2D eigenvalue weighted by atomic mass is 9.76. The van der Waals surface area contributed by atoms with Gasteiger partial charge in [0, 0.05) is 36.8 Å². The molecule has 0 fully saturated rings. The molecule has 2 unspecified atom stereocenters. The van der Waals surface area contributed by atoms with Gasteiger partial charge in [-0.15, -0.1) is 0 Å². The molecule has 198 valence electrons. The Hall–Kier alpha value is -3.08. The monoisotopic (exact) mass is 546 g/mol. The first-order chi connectivity index (χ1) is 17.8. The highest BCUT2D eigenvalue weighted by atomic mass is 35.5. The van der Waals surface area contributed by atoms with Gasteiger partial charge < -0.3 is 19.4 Å². The molecule has 2 aromatic carbocycles. The van der Waals surface area contributed by atoms with Crippen LogP contribution >= 0.6 is 11.6 Å². The van der Waals surface area contributed by atoms with Crippen molar-refractivity contribution in [3.05, 3.63) is 76.7 Å². The first-order valence-electron chi connectivity index (χ1n) is 12.2. The number of carbonyl (C=O) groups is 1. The van der Waals surface area contributed by atoms with Crippen molar-refractivity contribution < 1.29 is 22.7 Å². The number of rotatable bonds is 10. The van der Waals surface area contributed by atoms with Crippen LogP contribution in [0.4, 0.5) is 4.79 Å². The second-order valence-corrected chi connectivity index (χ2v) is 11.0. The molecule has 1 heterocycles. The summed E-state index contributed by atoms with van der Waals surface area (Å²) in [5, 5.41) is 3.67. The maximum absolute atomic E-state index is 12.4. The summed E-state index contributed by atoms with van der Waals surface area (Å²) < 4.78 is 39.8. The summed E-state index contributed by atoms with van der Waals surface area (Å²) in [5.41, 5.74) is 3.25. The molecule has 1 aromatic heterocycles. The summed E-state index contributed by atoms with van der Waals surface area (Å²) in [6.45, 7) is 2.31. The van der Waals surface area contributed by atoms with Crippen LogP contribution in [-0.2, 0) is 34.6 Å². The van der Waals surface area contributed by atoms with Crippen molar-refractivity contribution in [2.45, 2.75) is 43.2 Å². The minimum atomic E-state index is -3.71. The van der Waals surface area contributed by atoms with Crippen LogP contribution in [0.25, 0.3) is 0 Å². The fourth-order valence-corrected chi connectivity index (χ4v) is 5.76. The topological polar surface area (TPSA) is 112 Å². The van der Waals surface area contributed by atoms with E-state index >= 15 is 0 Å². The third-order valence-electron chi connectivity index (χ3n) is 6.32. The molecule has 0 spiro atoms. The number of nitrogens with zero attached hydrogens (tertiary/aromatic N) is 2. The van der Waals surface area contributed by atoms with Gasteiger partial charge in [-0.1, -0.05) is 35.9 Å². The molecule has 37 heavy (non-hydrogen) atoms. The number of carbonyl (C=O) groups excluding carboxylic acids is 1. The Morgan fingerprint density at radius 1 is 1.24 bits per heavy atom. The van der Waals surface area contributed by atoms with E-state index in [0.717, 1.165) is 24.0 Å². The fraction of sp³-hybridized carbons (Fsp3) is 0.385. The van der Waals surface area contributed by atoms with Crippen molar-refractivity contribution in [1.82, 2.24) is 19.6 Å². The van der Waals surface area contributed by atoms with Crippen LogP contribution in [-0.4, -0.2) is 49.9 Å². The van der Waals surface area contributed by atoms with Crippen LogP contribution in [0.3, 0.4) is 0 Å². The number of hydrogen-bond acceptors (Lipinski definition) is 6. The Kier molecular flexibility index (Phi) is 8.73. The normalized spacial score (nSPS) is 17.2. The predicted molar refractivity (Wildman–Crippen MR) is 140 cm³/mol. The zero-order valence-electron chi connectivity index (χ0n) is 20.8. The van der Waals surface area contributed by atoms with Crippen LogP contribution in [0.1, 0.15) is 36.0 Å². The Bertz CT molecular complexity index is 1340. The van der Waals surface area contributed by atoms with Crippen molar-refractivity contribution in [1.29, 1.82) is 0 Å². The highest BCUT2D eigenvalue weighted by molar-refractivity contribution is 7.89. The van der Waals surface area contributed by atoms with Gasteiger partial charge in [-0.2, -0.15) is 0 Å². The van der Waals surface area contributed by atoms with E-state index in [1.807, 2.05) is 42.5 Å². The predicted octanol–water partition coefficient (Wildman–Crippen LogP) is 3.82. The number of fused-ring (bicyclic) bond motifs is 1. The van der Waals surface area contributed by atoms with Gasteiger partial charge in [-0.05, 0) is 61.1 Å². The van der Waals surface area contributed by atoms with Gasteiger partial charge in [0.2, 0.25) is 0 Å². The van der Waals surface area contributed by atoms with Gasteiger partial charge in [0.15, 0.2) is 5.03 Å². The fourth-order valence-electron chi connectivity index (χ4n) is 4.56. The second-order valence-electron chi connectivity index (χ2n) is 8.90. The molecule has 0 radical (unpaired) electrons. The number of aryl methyl sites for hydroxylation is 2. The SMILES string of the molecule is CCOC(=O)NC1CCc2ccc(OCCNS(=O)(=O)c3cn(C)cn3)cc2C1Cc1ccccc1Cl. The zero-order valence-corrected chi connectivity index (χ0v) is 22.4. The van der Waals surface area contributed by atoms with Crippen molar-refractivity contribution in [3.8, 4) is 5.75 Å². The van der Waals surface area contributed by atoms with E-state index in [0.29, 0.717) is 23.8 Å². The van der Waals surface area contributed by atoms with E-state index in [4.69, 9.17) is 21.1 Å². The minimum Gasteiger partial charge on any atom is -0.492 e. The number of nitrogens with one attached hydrogen (secondary N) is 2. The van der Waals surface area contributed by atoms with Crippen molar-refractivity contribution >= 4 is 27.7 Å². The van der Waals surface area contributed by atoms with E-state index in [2.05, 4.69) is 15.0 Å². The summed E-state index contributed by atoms with van der Waals surface area (Å²) in [7, 11) is -2.00. The van der Waals surface area contributed by atoms with Crippen molar-refractivity contribution in [3.63, 3.8) is 0 Å². The number of ether oxygens (including phenoxy) is 2. The standard InChI is InChI=1S/C26H31ClN4O5S/c1-3-35-26(32)30-24-11-9-18-8-10-20(15-21(18)22(24)14-19-6-4-5-7-23(19)27)36-13-12-29-37(33,34)25-16-31(2)17-28-25/h4-8,10,15-17,22,24,29H,3,9,11-14H2,1-2H3,(H,30,32). The smallest absolute Gasteiger partial charge is 0.407 e. The number of benzene rings is 2. The van der Waals surface area contributed by atoms with E-state index in [1.165, 1.54) is 18.1 Å². The molecular formula is C26H31ClN4O5S. The molecule has 1 aliphatic rings. The molecule has 0 saturated carbocycles. The number of sulfonamides is 1. The first-order valence-corrected chi connectivity index (χ1v) is 14.0. The molecule has 2 atom stereocenters. The second kappa shape index (κ2) is 12.0. The lowest BCUT2D eigenvalue weighted by Gasteiger charge is -2.34. The first kappa shape index (κ1) is 27.0. The molecule has 0 bridgehead atoms. The van der Waals surface area contributed by atoms with Crippen molar-refractivity contribution in [2.75, 3.05) is 19.8 Å². The average Bonchev–Trinajstić information content (AvgIpc) is 3.32. The van der Waals surface area contributed by atoms with Gasteiger partial charge in [0.05, 0.1) is 12.9 Å². The lowest BCUT2D eigenvalue weighted by molar-refractivity contribution is 0.144. The maximum Gasteiger partial charge on any atom is 0.407 e. The van der Waals surface area contributed by atoms with Gasteiger partial charge >= 0.3 is 6.09 Å². The maximum atomic E-state index is 12.4. The Labute approximate surface area is 222 Å². The van der Waals surface area contributed by atoms with Crippen LogP contribution in [0.5, 0.6) is 5.75 Å². The molecule has 0 saturated heterocycles. The van der Waals surface area contributed by atoms with Crippen LogP contribution in [0.15, 0.2) is 60.0 Å². The highest BCUT2D eigenvalue weighted by Gasteiger charge is 2.32. The molecule has 11 heteroatoms. The largest absolute Gasteiger partial charge is 0.492 e. The average molecular weight is 547 g/mol. The molecule has 2 N–H and O–H groups in total. The van der Waals surface area contributed by atoms with E-state index < -0.39 is 16.1 Å². The molecular weight excluding hydrogens is 516 g/mol. The van der Waals surface area contributed by atoms with E-state index in [-0.39, 0.29) is 30.1 Å². The minimum absolute atomic E-state index is 0.0358. The van der Waals surface area contributed by atoms with Crippen LogP contribution < -0.4 is 14.8 Å². The molecule has 1 amide bonds. The van der Waals surface area contributed by atoms with E-state index in [1.54, 1.807) is 18.5 Å². The number of imidazole rings is 1. The Morgan fingerprint density at radius 3 is 2.78 bits per heavy atom. The lowest BCUT2D eigenvalue weighted by Crippen LogP contribution is -2.43. The van der Waals surface area contributed by atoms with Gasteiger partial charge in [0.1, 0.15) is 12.4 Å². The number of halogens is 1. The molecule has 9 nitrogen and oxygen atoms in total.